The molecule has 2 amide bonds. The molecule has 10 heteroatoms. The fourth-order valence-electron chi connectivity index (χ4n) is 3.89. The highest BCUT2D eigenvalue weighted by atomic mass is 16.5. The van der Waals surface area contributed by atoms with Crippen LogP contribution in [0.5, 0.6) is 11.5 Å². The van der Waals surface area contributed by atoms with Gasteiger partial charge in [0.15, 0.2) is 17.7 Å². The monoisotopic (exact) mass is 524 g/mol. The minimum Gasteiger partial charge on any atom is -0.490 e. The zero-order valence-corrected chi connectivity index (χ0v) is 22.6. The first kappa shape index (κ1) is 28.5. The lowest BCUT2D eigenvalue weighted by molar-refractivity contribution is -0.136. The number of hydrazone groups is 1. The Morgan fingerprint density at radius 2 is 1.87 bits per heavy atom. The number of methoxy groups -OCH3 is 1. The molecule has 0 saturated heterocycles. The van der Waals surface area contributed by atoms with Crippen molar-refractivity contribution in [2.24, 2.45) is 5.10 Å². The van der Waals surface area contributed by atoms with Crippen molar-refractivity contribution < 1.29 is 28.9 Å². The summed E-state index contributed by atoms with van der Waals surface area (Å²) < 4.78 is 16.4. The number of nitrogens with one attached hydrogen (secondary N) is 3. The van der Waals surface area contributed by atoms with E-state index in [1.807, 2.05) is 19.1 Å². The van der Waals surface area contributed by atoms with E-state index < -0.39 is 24.3 Å². The molecule has 0 bridgehead atoms. The van der Waals surface area contributed by atoms with Crippen molar-refractivity contribution in [2.45, 2.75) is 52.3 Å². The zero-order valence-electron chi connectivity index (χ0n) is 22.6. The predicted octanol–water partition coefficient (Wildman–Crippen LogP) is 3.50. The average Bonchev–Trinajstić information content (AvgIpc) is 2.87. The highest BCUT2D eigenvalue weighted by Gasteiger charge is 2.32. The Hall–Kier alpha value is -4.05. The molecule has 10 nitrogen and oxygen atoms in total. The van der Waals surface area contributed by atoms with E-state index in [-0.39, 0.29) is 17.6 Å². The third-order valence-corrected chi connectivity index (χ3v) is 5.89. The van der Waals surface area contributed by atoms with Gasteiger partial charge in [0.05, 0.1) is 31.5 Å². The number of ether oxygens (including phenoxy) is 3. The lowest BCUT2D eigenvalue weighted by Crippen LogP contribution is -2.45. The van der Waals surface area contributed by atoms with E-state index >= 15 is 0 Å². The van der Waals surface area contributed by atoms with Gasteiger partial charge in [-0.25, -0.2) is 9.59 Å². The molecule has 1 aliphatic heterocycles. The zero-order chi connectivity index (χ0) is 27.9. The Labute approximate surface area is 223 Å². The maximum Gasteiger partial charge on any atom is 0.337 e. The van der Waals surface area contributed by atoms with Crippen molar-refractivity contribution in [1.82, 2.24) is 16.1 Å². The smallest absolute Gasteiger partial charge is 0.337 e. The second-order valence-electron chi connectivity index (χ2n) is 9.79. The van der Waals surface area contributed by atoms with Crippen LogP contribution in [0.3, 0.4) is 0 Å². The summed E-state index contributed by atoms with van der Waals surface area (Å²) in [5, 5.41) is 19.7. The van der Waals surface area contributed by atoms with Crippen molar-refractivity contribution in [3.8, 4) is 11.5 Å². The van der Waals surface area contributed by atoms with Crippen LogP contribution in [0.25, 0.3) is 0 Å². The van der Waals surface area contributed by atoms with Crippen LogP contribution in [-0.4, -0.2) is 49.9 Å². The third kappa shape index (κ3) is 7.25. The highest BCUT2D eigenvalue weighted by Crippen LogP contribution is 2.35. The van der Waals surface area contributed by atoms with Gasteiger partial charge in [0.2, 0.25) is 0 Å². The van der Waals surface area contributed by atoms with E-state index in [2.05, 4.69) is 54.1 Å². The van der Waals surface area contributed by atoms with E-state index in [4.69, 9.17) is 14.2 Å². The topological polar surface area (TPSA) is 131 Å². The lowest BCUT2D eigenvalue weighted by Gasteiger charge is -2.28. The summed E-state index contributed by atoms with van der Waals surface area (Å²) in [4.78, 5) is 24.5. The molecule has 4 N–H and O–H groups in total. The molecule has 0 saturated carbocycles. The number of carbonyl (C=O) groups excluding carboxylic acids is 2. The molecule has 0 aliphatic carbocycles. The van der Waals surface area contributed by atoms with Crippen LogP contribution in [0.15, 0.2) is 58.8 Å². The molecule has 0 radical (unpaired) electrons. The summed E-state index contributed by atoms with van der Waals surface area (Å²) in [6, 6.07) is 11.9. The molecule has 2 aromatic rings. The van der Waals surface area contributed by atoms with Gasteiger partial charge in [-0.05, 0) is 48.1 Å². The number of nitrogens with zero attached hydrogens (tertiary/aromatic N) is 1. The Balaban J connectivity index is 1.67. The van der Waals surface area contributed by atoms with Gasteiger partial charge in [0, 0.05) is 5.70 Å². The van der Waals surface area contributed by atoms with E-state index in [1.54, 1.807) is 31.3 Å². The summed E-state index contributed by atoms with van der Waals surface area (Å²) in [7, 11) is 1.28. The van der Waals surface area contributed by atoms with Gasteiger partial charge < -0.3 is 30.0 Å². The summed E-state index contributed by atoms with van der Waals surface area (Å²) in [5.41, 5.74) is 6.13. The summed E-state index contributed by atoms with van der Waals surface area (Å²) in [6.45, 7) is 10.2. The highest BCUT2D eigenvalue weighted by molar-refractivity contribution is 5.95. The van der Waals surface area contributed by atoms with Crippen LogP contribution >= 0.6 is 0 Å². The number of carbonyl (C=O) groups is 2. The second-order valence-corrected chi connectivity index (χ2v) is 9.79. The molecule has 0 fully saturated rings. The van der Waals surface area contributed by atoms with Crippen LogP contribution in [0, 0.1) is 0 Å². The summed E-state index contributed by atoms with van der Waals surface area (Å²) in [6.07, 6.45) is 0.548. The van der Waals surface area contributed by atoms with Crippen molar-refractivity contribution in [3.05, 3.63) is 70.4 Å². The minimum atomic E-state index is -1.07. The van der Waals surface area contributed by atoms with Crippen molar-refractivity contribution >= 4 is 18.2 Å². The van der Waals surface area contributed by atoms with E-state index in [0.717, 1.165) is 5.56 Å². The Morgan fingerprint density at radius 3 is 2.50 bits per heavy atom. The van der Waals surface area contributed by atoms with Gasteiger partial charge in [-0.1, -0.05) is 51.1 Å². The molecule has 0 unspecified atom stereocenters. The van der Waals surface area contributed by atoms with E-state index in [1.165, 1.54) is 12.7 Å². The summed E-state index contributed by atoms with van der Waals surface area (Å²) in [5.74, 6) is 0.228. The molecule has 1 aliphatic rings. The normalized spacial score (nSPS) is 16.5. The van der Waals surface area contributed by atoms with Crippen LogP contribution < -0.4 is 25.5 Å². The van der Waals surface area contributed by atoms with Crippen molar-refractivity contribution in [2.75, 3.05) is 20.3 Å². The summed E-state index contributed by atoms with van der Waals surface area (Å²) >= 11 is 0. The molecular formula is C28H36N4O6. The third-order valence-electron chi connectivity index (χ3n) is 5.89. The van der Waals surface area contributed by atoms with Gasteiger partial charge >= 0.3 is 12.0 Å². The first-order valence-corrected chi connectivity index (χ1v) is 12.4. The Kier molecular flexibility index (Phi) is 9.35. The van der Waals surface area contributed by atoms with Gasteiger partial charge in [-0.3, -0.25) is 5.43 Å². The maximum absolute atomic E-state index is 12.4. The SMILES string of the molecule is CCOc1cc([C@H]2NC(=O)NC(C)=C2C(=O)OC)ccc1OC[C@@H](O)N/N=C\c1ccc(C(C)(C)C)cc1. The number of amides is 2. The molecule has 0 spiro atoms. The van der Waals surface area contributed by atoms with Gasteiger partial charge in [-0.15, -0.1) is 0 Å². The number of rotatable bonds is 10. The maximum atomic E-state index is 12.4. The van der Waals surface area contributed by atoms with Crippen LogP contribution in [0.4, 0.5) is 4.79 Å². The Morgan fingerprint density at radius 1 is 1.16 bits per heavy atom. The van der Waals surface area contributed by atoms with Gasteiger partial charge in [-0.2, -0.15) is 5.10 Å². The van der Waals surface area contributed by atoms with E-state index in [0.29, 0.717) is 29.4 Å². The van der Waals surface area contributed by atoms with Crippen LogP contribution in [0.1, 0.15) is 57.4 Å². The minimum absolute atomic E-state index is 0.0703. The van der Waals surface area contributed by atoms with Crippen molar-refractivity contribution in [1.29, 1.82) is 0 Å². The standard InChI is InChI=1S/C28H36N4O6/c1-7-37-22-14-19(25-24(26(34)36-6)17(2)30-27(35)31-25)10-13-21(22)38-16-23(33)32-29-15-18-8-11-20(12-9-18)28(3,4)5/h8-15,23,25,32-33H,7,16H2,1-6H3,(H2,30,31,35)/b29-15-/t23-,25-/m1/s1. The van der Waals surface area contributed by atoms with Crippen LogP contribution in [-0.2, 0) is 14.9 Å². The fourth-order valence-corrected chi connectivity index (χ4v) is 3.89. The number of hydrogen-bond acceptors (Lipinski definition) is 8. The van der Waals surface area contributed by atoms with Crippen LogP contribution in [0.2, 0.25) is 0 Å². The molecule has 2 aromatic carbocycles. The number of aliphatic hydroxyl groups is 1. The number of hydrogen-bond donors (Lipinski definition) is 4. The average molecular weight is 525 g/mol. The fraction of sp³-hybridized carbons (Fsp3) is 0.393. The van der Waals surface area contributed by atoms with Gasteiger partial charge in [0.25, 0.3) is 0 Å². The molecule has 0 aromatic heterocycles. The van der Waals surface area contributed by atoms with E-state index in [9.17, 15) is 14.7 Å². The molecular weight excluding hydrogens is 488 g/mol. The predicted molar refractivity (Wildman–Crippen MR) is 144 cm³/mol. The number of esters is 1. The number of aliphatic hydroxyl groups excluding tert-OH is 1. The quantitative estimate of drug-likeness (QED) is 0.162. The molecule has 1 heterocycles. The first-order chi connectivity index (χ1) is 18.0. The Bertz CT molecular complexity index is 1200. The molecule has 38 heavy (non-hydrogen) atoms. The molecule has 3 rings (SSSR count). The van der Waals surface area contributed by atoms with Gasteiger partial charge in [0.1, 0.15) is 6.61 Å². The molecule has 204 valence electrons. The molecule has 2 atom stereocenters. The number of benzene rings is 2. The second kappa shape index (κ2) is 12.5. The largest absolute Gasteiger partial charge is 0.490 e. The number of allylic oxidation sites excluding steroid dienone is 1. The lowest BCUT2D eigenvalue weighted by atomic mass is 9.87. The number of urea groups is 1. The first-order valence-electron chi connectivity index (χ1n) is 12.4. The van der Waals surface area contributed by atoms with Crippen molar-refractivity contribution in [3.63, 3.8) is 0 Å².